The fraction of sp³-hybridized carbons (Fsp3) is 0.167. The Labute approximate surface area is 113 Å². The number of nitrogens with zero attached hydrogens (tertiary/aromatic N) is 2. The number of nitro groups is 1. The molecule has 0 aliphatic rings. The molecular weight excluding hydrogens is 267 g/mol. The van der Waals surface area contributed by atoms with E-state index < -0.39 is 22.3 Å². The maximum atomic E-state index is 13.0. The maximum Gasteiger partial charge on any atom is 0.285 e. The number of amides is 1. The van der Waals surface area contributed by atoms with Crippen molar-refractivity contribution < 1.29 is 14.1 Å². The summed E-state index contributed by atoms with van der Waals surface area (Å²) in [6.45, 7) is 0.265. The summed E-state index contributed by atoms with van der Waals surface area (Å²) in [6.07, 6.45) is 3.71. The van der Waals surface area contributed by atoms with Crippen molar-refractivity contribution in [1.82, 2.24) is 15.3 Å². The summed E-state index contributed by atoms with van der Waals surface area (Å²) in [5, 5.41) is 13.3. The third kappa shape index (κ3) is 3.16. The van der Waals surface area contributed by atoms with Gasteiger partial charge in [-0.05, 0) is 12.1 Å². The van der Waals surface area contributed by atoms with Gasteiger partial charge in [0.25, 0.3) is 11.6 Å². The molecule has 0 fully saturated rings. The van der Waals surface area contributed by atoms with Gasteiger partial charge in [0.1, 0.15) is 17.2 Å². The first-order chi connectivity index (χ1) is 9.58. The molecule has 0 atom stereocenters. The lowest BCUT2D eigenvalue weighted by atomic mass is 10.1. The van der Waals surface area contributed by atoms with Crippen LogP contribution < -0.4 is 5.32 Å². The summed E-state index contributed by atoms with van der Waals surface area (Å²) in [7, 11) is 0. The highest BCUT2D eigenvalue weighted by Crippen LogP contribution is 2.19. The van der Waals surface area contributed by atoms with E-state index in [1.54, 1.807) is 12.4 Å². The molecule has 0 aliphatic heterocycles. The largest absolute Gasteiger partial charge is 0.351 e. The third-order valence-corrected chi connectivity index (χ3v) is 2.60. The van der Waals surface area contributed by atoms with Gasteiger partial charge in [-0.1, -0.05) is 0 Å². The molecule has 0 unspecified atom stereocenters. The first kappa shape index (κ1) is 13.7. The van der Waals surface area contributed by atoms with Gasteiger partial charge in [0, 0.05) is 25.4 Å². The molecule has 0 bridgehead atoms. The Morgan fingerprint density at radius 3 is 2.95 bits per heavy atom. The second-order valence-corrected chi connectivity index (χ2v) is 3.96. The van der Waals surface area contributed by atoms with Crippen LogP contribution in [-0.2, 0) is 6.42 Å². The summed E-state index contributed by atoms with van der Waals surface area (Å²) >= 11 is 0. The molecule has 0 aliphatic carbocycles. The number of rotatable bonds is 5. The Hall–Kier alpha value is -2.77. The fourth-order valence-electron chi connectivity index (χ4n) is 1.67. The Morgan fingerprint density at radius 2 is 2.30 bits per heavy atom. The van der Waals surface area contributed by atoms with Crippen molar-refractivity contribution in [2.24, 2.45) is 0 Å². The number of aromatic nitrogens is 2. The highest BCUT2D eigenvalue weighted by molar-refractivity contribution is 5.98. The molecule has 0 spiro atoms. The molecule has 0 saturated heterocycles. The van der Waals surface area contributed by atoms with Gasteiger partial charge >= 0.3 is 0 Å². The van der Waals surface area contributed by atoms with Gasteiger partial charge in [-0.2, -0.15) is 0 Å². The zero-order valence-electron chi connectivity index (χ0n) is 10.3. The molecule has 2 rings (SSSR count). The van der Waals surface area contributed by atoms with E-state index in [1.807, 2.05) is 0 Å². The Kier molecular flexibility index (Phi) is 4.04. The third-order valence-electron chi connectivity index (χ3n) is 2.60. The number of aromatic amines is 1. The number of nitrogens with one attached hydrogen (secondary N) is 2. The zero-order chi connectivity index (χ0) is 14.5. The first-order valence-electron chi connectivity index (χ1n) is 5.78. The van der Waals surface area contributed by atoms with Crippen LogP contribution in [0.5, 0.6) is 0 Å². The SMILES string of the molecule is O=C(NCCc1ncc[nH]1)c1ccc(F)cc1[N+](=O)[O-]. The summed E-state index contributed by atoms with van der Waals surface area (Å²) in [5.74, 6) is -0.689. The molecule has 2 aromatic rings. The molecule has 7 nitrogen and oxygen atoms in total. The van der Waals surface area contributed by atoms with Gasteiger partial charge in [-0.15, -0.1) is 0 Å². The van der Waals surface area contributed by atoms with Gasteiger partial charge in [-0.25, -0.2) is 9.37 Å². The summed E-state index contributed by atoms with van der Waals surface area (Å²) in [6, 6.07) is 2.82. The number of hydrogen-bond donors (Lipinski definition) is 2. The number of H-pyrrole nitrogens is 1. The van der Waals surface area contributed by atoms with E-state index in [0.29, 0.717) is 12.2 Å². The van der Waals surface area contributed by atoms with Crippen molar-refractivity contribution >= 4 is 11.6 Å². The quantitative estimate of drug-likeness (QED) is 0.638. The van der Waals surface area contributed by atoms with Crippen LogP contribution in [0.25, 0.3) is 0 Å². The molecule has 2 N–H and O–H groups in total. The number of hydrogen-bond acceptors (Lipinski definition) is 4. The van der Waals surface area contributed by atoms with E-state index in [2.05, 4.69) is 15.3 Å². The average molecular weight is 278 g/mol. The van der Waals surface area contributed by atoms with Crippen molar-refractivity contribution in [3.8, 4) is 0 Å². The first-order valence-corrected chi connectivity index (χ1v) is 5.78. The van der Waals surface area contributed by atoms with Crippen molar-refractivity contribution in [3.05, 3.63) is 57.9 Å². The number of imidazole rings is 1. The molecule has 0 saturated carbocycles. The Bertz CT molecular complexity index is 628. The minimum atomic E-state index is -0.787. The van der Waals surface area contributed by atoms with Crippen LogP contribution >= 0.6 is 0 Å². The number of halogens is 1. The number of carbonyl (C=O) groups is 1. The van der Waals surface area contributed by atoms with E-state index in [0.717, 1.165) is 18.2 Å². The summed E-state index contributed by atoms with van der Waals surface area (Å²) in [4.78, 5) is 28.7. The van der Waals surface area contributed by atoms with Gasteiger partial charge < -0.3 is 10.3 Å². The minimum absolute atomic E-state index is 0.171. The fourth-order valence-corrected chi connectivity index (χ4v) is 1.67. The minimum Gasteiger partial charge on any atom is -0.351 e. The van der Waals surface area contributed by atoms with Crippen LogP contribution in [-0.4, -0.2) is 27.3 Å². The van der Waals surface area contributed by atoms with E-state index in [4.69, 9.17) is 0 Å². The lowest BCUT2D eigenvalue weighted by molar-refractivity contribution is -0.385. The molecule has 1 aromatic carbocycles. The van der Waals surface area contributed by atoms with E-state index in [1.165, 1.54) is 0 Å². The zero-order valence-corrected chi connectivity index (χ0v) is 10.3. The van der Waals surface area contributed by atoms with Crippen LogP contribution in [0.3, 0.4) is 0 Å². The predicted molar refractivity (Wildman–Crippen MR) is 67.7 cm³/mol. The van der Waals surface area contributed by atoms with Crippen molar-refractivity contribution in [1.29, 1.82) is 0 Å². The maximum absolute atomic E-state index is 13.0. The highest BCUT2D eigenvalue weighted by Gasteiger charge is 2.20. The molecule has 104 valence electrons. The smallest absolute Gasteiger partial charge is 0.285 e. The second kappa shape index (κ2) is 5.91. The van der Waals surface area contributed by atoms with Crippen molar-refractivity contribution in [2.75, 3.05) is 6.54 Å². The van der Waals surface area contributed by atoms with Gasteiger partial charge in [0.05, 0.1) is 11.0 Å². The number of benzene rings is 1. The van der Waals surface area contributed by atoms with Crippen LogP contribution in [0, 0.1) is 15.9 Å². The standard InChI is InChI=1S/C12H11FN4O3/c13-8-1-2-9(10(7-8)17(19)20)12(18)16-4-3-11-14-5-6-15-11/h1-2,5-7H,3-4H2,(H,14,15)(H,16,18). The molecule has 1 amide bonds. The van der Waals surface area contributed by atoms with Crippen LogP contribution in [0.2, 0.25) is 0 Å². The normalized spacial score (nSPS) is 10.2. The molecule has 20 heavy (non-hydrogen) atoms. The van der Waals surface area contributed by atoms with Crippen molar-refractivity contribution in [3.63, 3.8) is 0 Å². The number of carbonyl (C=O) groups excluding carboxylic acids is 1. The van der Waals surface area contributed by atoms with Crippen molar-refractivity contribution in [2.45, 2.75) is 6.42 Å². The highest BCUT2D eigenvalue weighted by atomic mass is 19.1. The van der Waals surface area contributed by atoms with Crippen LogP contribution in [0.15, 0.2) is 30.6 Å². The van der Waals surface area contributed by atoms with Gasteiger partial charge in [0.15, 0.2) is 0 Å². The molecule has 1 heterocycles. The van der Waals surface area contributed by atoms with Gasteiger partial charge in [0.2, 0.25) is 0 Å². The Balaban J connectivity index is 2.03. The average Bonchev–Trinajstić information content (AvgIpc) is 2.91. The molecular formula is C12H11FN4O3. The van der Waals surface area contributed by atoms with E-state index in [9.17, 15) is 19.3 Å². The van der Waals surface area contributed by atoms with Crippen LogP contribution in [0.4, 0.5) is 10.1 Å². The molecule has 8 heteroatoms. The Morgan fingerprint density at radius 1 is 1.50 bits per heavy atom. The topological polar surface area (TPSA) is 101 Å². The predicted octanol–water partition coefficient (Wildman–Crippen LogP) is 1.43. The monoisotopic (exact) mass is 278 g/mol. The van der Waals surface area contributed by atoms with E-state index >= 15 is 0 Å². The van der Waals surface area contributed by atoms with E-state index in [-0.39, 0.29) is 12.1 Å². The second-order valence-electron chi connectivity index (χ2n) is 3.96. The lowest BCUT2D eigenvalue weighted by Crippen LogP contribution is -2.26. The van der Waals surface area contributed by atoms with Gasteiger partial charge in [-0.3, -0.25) is 14.9 Å². The molecule has 0 radical (unpaired) electrons. The molecule has 1 aromatic heterocycles. The summed E-state index contributed by atoms with van der Waals surface area (Å²) < 4.78 is 13.0. The number of nitro benzene ring substituents is 1. The summed E-state index contributed by atoms with van der Waals surface area (Å²) in [5.41, 5.74) is -0.726. The van der Waals surface area contributed by atoms with Crippen LogP contribution in [0.1, 0.15) is 16.2 Å². The lowest BCUT2D eigenvalue weighted by Gasteiger charge is -2.05.